The SMILES string of the molecule is c1cc2c(cc1[C@H]1OC[C@H]3[C@@H]1CO[C@]3(O[C@]1(c3ccc4c(c3)OCO4)OC[C@@H]3[C@@H](c4ccc5c(c4)OCO5)OC[C@@H]31)c1ccc3c(c1)OCO3)OCO2. The van der Waals surface area contributed by atoms with E-state index < -0.39 is 11.6 Å². The van der Waals surface area contributed by atoms with Crippen LogP contribution in [0.1, 0.15) is 34.5 Å². The fourth-order valence-corrected chi connectivity index (χ4v) is 9.42. The molecule has 4 saturated heterocycles. The first-order valence-corrected chi connectivity index (χ1v) is 18.0. The van der Waals surface area contributed by atoms with Crippen LogP contribution in [0, 0.1) is 23.7 Å². The van der Waals surface area contributed by atoms with Gasteiger partial charge in [0.2, 0.25) is 38.7 Å². The summed E-state index contributed by atoms with van der Waals surface area (Å²) in [7, 11) is 0. The van der Waals surface area contributed by atoms with Gasteiger partial charge in [-0.2, -0.15) is 0 Å². The van der Waals surface area contributed by atoms with E-state index in [1.54, 1.807) is 0 Å². The Morgan fingerprint density at radius 3 is 1.23 bits per heavy atom. The normalized spacial score (nSPS) is 33.4. The topological polar surface area (TPSA) is 120 Å². The lowest BCUT2D eigenvalue weighted by Crippen LogP contribution is -2.49. The van der Waals surface area contributed by atoms with E-state index >= 15 is 0 Å². The first-order valence-electron chi connectivity index (χ1n) is 18.0. The third kappa shape index (κ3) is 4.42. The van der Waals surface area contributed by atoms with Crippen LogP contribution in [-0.2, 0) is 35.3 Å². The maximum Gasteiger partial charge on any atom is 0.231 e. The summed E-state index contributed by atoms with van der Waals surface area (Å²) >= 11 is 0. The van der Waals surface area contributed by atoms with Crippen molar-refractivity contribution < 1.29 is 61.6 Å². The van der Waals surface area contributed by atoms with E-state index in [-0.39, 0.29) is 63.1 Å². The van der Waals surface area contributed by atoms with E-state index in [4.69, 9.17) is 61.6 Å². The second-order valence-corrected chi connectivity index (χ2v) is 14.5. The molecule has 8 aliphatic rings. The standard InChI is InChI=1S/C40H34O13/c1-5-29-33(47-17-43-29)9-21(1)37-25-13-51-39(27(25)15-41-37,23-3-7-31-35(11-23)49-19-45-31)53-40(24-4-8-32-36(12-24)50-20-46-32)28-16-42-38(26(28)14-52-40)22-2-6-30-34(10-22)48-18-44-30/h1-12,25-28,37-38H,13-20H2/t25-,26-,27-,28-,37+,38+,39-,40-/m0/s1. The van der Waals surface area contributed by atoms with E-state index in [0.29, 0.717) is 60.9 Å². The van der Waals surface area contributed by atoms with Gasteiger partial charge in [-0.15, -0.1) is 0 Å². The molecule has 0 radical (unpaired) electrons. The fraction of sp³-hybridized carbons (Fsp3) is 0.400. The van der Waals surface area contributed by atoms with Crippen LogP contribution >= 0.6 is 0 Å². The number of hydrogen-bond acceptors (Lipinski definition) is 13. The minimum absolute atomic E-state index is 0.0620. The molecule has 272 valence electrons. The van der Waals surface area contributed by atoms with Gasteiger partial charge in [0.15, 0.2) is 46.0 Å². The van der Waals surface area contributed by atoms with Crippen molar-refractivity contribution in [3.8, 4) is 46.0 Å². The Labute approximate surface area is 303 Å². The second kappa shape index (κ2) is 11.3. The molecule has 13 nitrogen and oxygen atoms in total. The lowest BCUT2D eigenvalue weighted by atomic mass is 9.80. The minimum atomic E-state index is -1.32. The number of ether oxygens (including phenoxy) is 13. The van der Waals surface area contributed by atoms with Crippen molar-refractivity contribution in [2.45, 2.75) is 23.8 Å². The molecule has 53 heavy (non-hydrogen) atoms. The van der Waals surface area contributed by atoms with Crippen molar-refractivity contribution >= 4 is 0 Å². The van der Waals surface area contributed by atoms with Gasteiger partial charge < -0.3 is 61.6 Å². The zero-order valence-electron chi connectivity index (χ0n) is 28.4. The third-order valence-electron chi connectivity index (χ3n) is 12.0. The Balaban J connectivity index is 0.970. The van der Waals surface area contributed by atoms with E-state index in [0.717, 1.165) is 33.8 Å². The Bertz CT molecular complexity index is 1990. The molecular formula is C40H34O13. The molecule has 12 rings (SSSR count). The molecule has 0 unspecified atom stereocenters. The van der Waals surface area contributed by atoms with Crippen LogP contribution in [0.2, 0.25) is 0 Å². The molecule has 0 N–H and O–H groups in total. The predicted molar refractivity (Wildman–Crippen MR) is 178 cm³/mol. The van der Waals surface area contributed by atoms with Crippen molar-refractivity contribution in [2.75, 3.05) is 53.6 Å². The van der Waals surface area contributed by atoms with Gasteiger partial charge in [0.25, 0.3) is 0 Å². The third-order valence-corrected chi connectivity index (χ3v) is 12.0. The van der Waals surface area contributed by atoms with Crippen molar-refractivity contribution in [1.29, 1.82) is 0 Å². The van der Waals surface area contributed by atoms with Gasteiger partial charge in [-0.3, -0.25) is 0 Å². The predicted octanol–water partition coefficient (Wildman–Crippen LogP) is 5.69. The summed E-state index contributed by atoms with van der Waals surface area (Å²) in [6, 6.07) is 23.7. The summed E-state index contributed by atoms with van der Waals surface area (Å²) in [4.78, 5) is 0. The molecule has 4 aromatic carbocycles. The van der Waals surface area contributed by atoms with Crippen LogP contribution in [0.15, 0.2) is 72.8 Å². The summed E-state index contributed by atoms with van der Waals surface area (Å²) in [5.41, 5.74) is 3.54. The average molecular weight is 723 g/mol. The number of benzene rings is 4. The quantitative estimate of drug-likeness (QED) is 0.243. The first kappa shape index (κ1) is 30.5. The van der Waals surface area contributed by atoms with Crippen molar-refractivity contribution in [3.05, 3.63) is 95.1 Å². The molecule has 0 amide bonds. The van der Waals surface area contributed by atoms with Crippen LogP contribution in [0.3, 0.4) is 0 Å². The van der Waals surface area contributed by atoms with Gasteiger partial charge in [-0.25, -0.2) is 0 Å². The average Bonchev–Trinajstić information content (AvgIpc) is 4.04. The van der Waals surface area contributed by atoms with Crippen LogP contribution in [0.5, 0.6) is 46.0 Å². The summed E-state index contributed by atoms with van der Waals surface area (Å²) in [5, 5.41) is 0. The highest BCUT2D eigenvalue weighted by Gasteiger charge is 2.66. The lowest BCUT2D eigenvalue weighted by molar-refractivity contribution is -0.377. The Hall–Kier alpha value is -4.92. The zero-order valence-corrected chi connectivity index (χ0v) is 28.4. The van der Waals surface area contributed by atoms with Crippen LogP contribution in [0.4, 0.5) is 0 Å². The number of hydrogen-bond donors (Lipinski definition) is 0. The van der Waals surface area contributed by atoms with Gasteiger partial charge >= 0.3 is 0 Å². The smallest absolute Gasteiger partial charge is 0.231 e. The van der Waals surface area contributed by atoms with Crippen LogP contribution < -0.4 is 37.9 Å². The van der Waals surface area contributed by atoms with E-state index in [1.165, 1.54) is 0 Å². The monoisotopic (exact) mass is 722 g/mol. The molecule has 4 aromatic rings. The highest BCUT2D eigenvalue weighted by Crippen LogP contribution is 2.63. The molecule has 0 saturated carbocycles. The van der Waals surface area contributed by atoms with Crippen molar-refractivity contribution in [1.82, 2.24) is 0 Å². The highest BCUT2D eigenvalue weighted by atomic mass is 16.8. The Morgan fingerprint density at radius 2 is 0.792 bits per heavy atom. The summed E-state index contributed by atoms with van der Waals surface area (Å²) < 4.78 is 81.0. The van der Waals surface area contributed by atoms with Gasteiger partial charge in [0, 0.05) is 34.8 Å². The van der Waals surface area contributed by atoms with E-state index in [2.05, 4.69) is 0 Å². The van der Waals surface area contributed by atoms with Crippen LogP contribution in [-0.4, -0.2) is 53.6 Å². The first-order chi connectivity index (χ1) is 26.1. The molecule has 8 aliphatic heterocycles. The molecule has 0 aromatic heterocycles. The van der Waals surface area contributed by atoms with Gasteiger partial charge in [-0.1, -0.05) is 12.1 Å². The Morgan fingerprint density at radius 1 is 0.415 bits per heavy atom. The fourth-order valence-electron chi connectivity index (χ4n) is 9.42. The van der Waals surface area contributed by atoms with Crippen LogP contribution in [0.25, 0.3) is 0 Å². The molecular weight excluding hydrogens is 688 g/mol. The van der Waals surface area contributed by atoms with E-state index in [9.17, 15) is 0 Å². The minimum Gasteiger partial charge on any atom is -0.454 e. The van der Waals surface area contributed by atoms with Gasteiger partial charge in [-0.05, 0) is 71.8 Å². The maximum atomic E-state index is 7.70. The summed E-state index contributed by atoms with van der Waals surface area (Å²) in [6.07, 6.45) is -0.532. The highest BCUT2D eigenvalue weighted by molar-refractivity contribution is 5.50. The molecule has 0 bridgehead atoms. The molecule has 8 atom stereocenters. The molecule has 0 spiro atoms. The van der Waals surface area contributed by atoms with Gasteiger partial charge in [0.1, 0.15) is 0 Å². The molecule has 8 heterocycles. The van der Waals surface area contributed by atoms with Gasteiger partial charge in [0.05, 0.1) is 38.6 Å². The largest absolute Gasteiger partial charge is 0.454 e. The van der Waals surface area contributed by atoms with Crippen molar-refractivity contribution in [3.63, 3.8) is 0 Å². The summed E-state index contributed by atoms with van der Waals surface area (Å²) in [5.74, 6) is 2.19. The number of rotatable bonds is 6. The maximum absolute atomic E-state index is 7.70. The summed E-state index contributed by atoms with van der Waals surface area (Å²) in [6.45, 7) is 2.18. The Kier molecular flexibility index (Phi) is 6.51. The zero-order chi connectivity index (χ0) is 34.7. The molecule has 4 fully saturated rings. The lowest BCUT2D eigenvalue weighted by Gasteiger charge is -2.44. The van der Waals surface area contributed by atoms with Crippen molar-refractivity contribution in [2.24, 2.45) is 23.7 Å². The molecule has 13 heteroatoms. The number of fused-ring (bicyclic) bond motifs is 6. The van der Waals surface area contributed by atoms with E-state index in [1.807, 2.05) is 72.8 Å². The molecule has 0 aliphatic carbocycles. The second-order valence-electron chi connectivity index (χ2n) is 14.5.